The minimum absolute atomic E-state index is 0. The molecule has 0 fully saturated rings. The topological polar surface area (TPSA) is 157 Å². The highest BCUT2D eigenvalue weighted by atomic mass is 35.5. The number of esters is 3. The van der Waals surface area contributed by atoms with Crippen molar-refractivity contribution in [2.75, 3.05) is 6.61 Å². The third-order valence-corrected chi connectivity index (χ3v) is 2.75. The zero-order valence-corrected chi connectivity index (χ0v) is 17.7. The van der Waals surface area contributed by atoms with E-state index in [1.54, 1.807) is 13.8 Å². The van der Waals surface area contributed by atoms with E-state index < -0.39 is 41.3 Å². The maximum atomic E-state index is 11.2. The summed E-state index contributed by atoms with van der Waals surface area (Å²) in [5.41, 5.74) is -2.34. The van der Waals surface area contributed by atoms with Crippen molar-refractivity contribution < 1.29 is 48.7 Å². The number of rotatable bonds is 5. The number of cyclic esters (lactones) is 1. The Balaban J connectivity index is -0.000000400. The Morgan fingerprint density at radius 1 is 1.36 bits per heavy atom. The average Bonchev–Trinajstić information content (AvgIpc) is 2.74. The number of hydrogen-bond donors (Lipinski definition) is 3. The van der Waals surface area contributed by atoms with E-state index in [1.807, 2.05) is 0 Å². The molecule has 0 radical (unpaired) electrons. The van der Waals surface area contributed by atoms with E-state index in [1.165, 1.54) is 19.9 Å². The van der Waals surface area contributed by atoms with Crippen LogP contribution in [0.5, 0.6) is 0 Å². The lowest BCUT2D eigenvalue weighted by atomic mass is 10.0. The quantitative estimate of drug-likeness (QED) is 0.316. The summed E-state index contributed by atoms with van der Waals surface area (Å²) in [7, 11) is 0. The predicted molar refractivity (Wildman–Crippen MR) is 99.7 cm³/mol. The van der Waals surface area contributed by atoms with Crippen molar-refractivity contribution >= 4 is 47.9 Å². The maximum absolute atomic E-state index is 11.2. The van der Waals surface area contributed by atoms with Crippen LogP contribution in [0.2, 0.25) is 0 Å². The molecule has 10 nitrogen and oxygen atoms in total. The van der Waals surface area contributed by atoms with Crippen molar-refractivity contribution in [2.24, 2.45) is 0 Å². The number of hydrogen-bond acceptors (Lipinski definition) is 9. The molecule has 1 aliphatic heterocycles. The highest BCUT2D eigenvalue weighted by Gasteiger charge is 2.35. The van der Waals surface area contributed by atoms with Gasteiger partial charge in [0.2, 0.25) is 6.29 Å². The Hall–Kier alpha value is -1.88. The summed E-state index contributed by atoms with van der Waals surface area (Å²) >= 11 is 5.59. The van der Waals surface area contributed by atoms with E-state index in [-0.39, 0.29) is 25.4 Å². The maximum Gasteiger partial charge on any atom is 0.338 e. The van der Waals surface area contributed by atoms with E-state index in [0.29, 0.717) is 5.57 Å². The van der Waals surface area contributed by atoms with Gasteiger partial charge in [-0.1, -0.05) is 11.6 Å². The number of alkyl halides is 1. The second kappa shape index (κ2) is 15.1. The molecule has 1 rings (SSSR count). The van der Waals surface area contributed by atoms with Crippen molar-refractivity contribution in [3.05, 3.63) is 11.6 Å². The Kier molecular flexibility index (Phi) is 16.6. The van der Waals surface area contributed by atoms with Crippen molar-refractivity contribution in [2.45, 2.75) is 58.5 Å². The van der Waals surface area contributed by atoms with Crippen LogP contribution in [0.1, 0.15) is 41.0 Å². The average molecular weight is 449 g/mol. The number of halogens is 2. The Morgan fingerprint density at radius 2 is 1.82 bits per heavy atom. The molecule has 28 heavy (non-hydrogen) atoms. The van der Waals surface area contributed by atoms with Gasteiger partial charge in [0, 0.05) is 25.8 Å². The summed E-state index contributed by atoms with van der Waals surface area (Å²) < 4.78 is 13.5. The minimum Gasteiger partial charge on any atom is -0.481 e. The number of aliphatic hydroxyl groups is 2. The summed E-state index contributed by atoms with van der Waals surface area (Å²) in [6.45, 7) is 6.91. The van der Waals surface area contributed by atoms with Crippen LogP contribution in [0.15, 0.2) is 11.6 Å². The van der Waals surface area contributed by atoms with Gasteiger partial charge < -0.3 is 29.5 Å². The third kappa shape index (κ3) is 16.3. The third-order valence-electron chi connectivity index (χ3n) is 2.51. The molecule has 0 aromatic heterocycles. The number of aliphatic hydroxyl groups excluding tert-OH is 1. The van der Waals surface area contributed by atoms with Crippen LogP contribution in [-0.4, -0.2) is 63.3 Å². The molecule has 3 N–H and O–H groups in total. The molecule has 0 bridgehead atoms. The van der Waals surface area contributed by atoms with Crippen molar-refractivity contribution in [1.82, 2.24) is 0 Å². The summed E-state index contributed by atoms with van der Waals surface area (Å²) in [5, 5.41) is 25.6. The normalized spacial score (nSPS) is 17.5. The summed E-state index contributed by atoms with van der Waals surface area (Å²) in [6.07, 6.45) is 0.137. The standard InChI is InChI=1S/C9H15ClO5.C5H6O3.C2H4O2.ClH/c1-4-14-8(12)9(3,13)5-7(10)15-6(2)11;1-3-2-4(6)8-5(3)7;1-2(3)4;/h7,13H,4-5H2,1-3H3;2,4,6H,1H3;1H3,(H,3,4);1H. The molecule has 0 saturated heterocycles. The first-order chi connectivity index (χ1) is 12.2. The number of ether oxygens (including phenoxy) is 3. The molecule has 0 amide bonds. The number of carbonyl (C=O) groups is 4. The molecule has 0 aromatic rings. The van der Waals surface area contributed by atoms with Crippen LogP contribution in [0.3, 0.4) is 0 Å². The van der Waals surface area contributed by atoms with Crippen LogP contribution < -0.4 is 0 Å². The van der Waals surface area contributed by atoms with Gasteiger partial charge in [-0.3, -0.25) is 9.59 Å². The molecule has 0 saturated carbocycles. The molecule has 3 unspecified atom stereocenters. The van der Waals surface area contributed by atoms with Crippen LogP contribution in [0.25, 0.3) is 0 Å². The molecule has 12 heteroatoms. The molecular weight excluding hydrogens is 423 g/mol. The highest BCUT2D eigenvalue weighted by molar-refractivity contribution is 6.20. The lowest BCUT2D eigenvalue weighted by Gasteiger charge is -2.22. The predicted octanol–water partition coefficient (Wildman–Crippen LogP) is 1.14. The van der Waals surface area contributed by atoms with Crippen molar-refractivity contribution in [1.29, 1.82) is 0 Å². The van der Waals surface area contributed by atoms with Gasteiger partial charge in [-0.2, -0.15) is 0 Å². The first-order valence-electron chi connectivity index (χ1n) is 7.70. The van der Waals surface area contributed by atoms with E-state index >= 15 is 0 Å². The lowest BCUT2D eigenvalue weighted by Crippen LogP contribution is -2.39. The summed E-state index contributed by atoms with van der Waals surface area (Å²) in [6, 6.07) is 0. The van der Waals surface area contributed by atoms with Crippen LogP contribution in [-0.2, 0) is 33.4 Å². The van der Waals surface area contributed by atoms with E-state index in [0.717, 1.165) is 6.92 Å². The fourth-order valence-corrected chi connectivity index (χ4v) is 1.85. The molecule has 164 valence electrons. The molecule has 1 heterocycles. The van der Waals surface area contributed by atoms with E-state index in [4.69, 9.17) is 26.6 Å². The van der Waals surface area contributed by atoms with E-state index in [9.17, 15) is 19.5 Å². The number of carboxylic acids is 1. The zero-order valence-electron chi connectivity index (χ0n) is 16.1. The SMILES string of the molecule is CC(=O)O.CC1=CC(O)OC1=O.CCOC(=O)C(C)(O)CC(Cl)OC(C)=O.Cl. The van der Waals surface area contributed by atoms with Crippen LogP contribution in [0, 0.1) is 0 Å². The van der Waals surface area contributed by atoms with Crippen molar-refractivity contribution in [3.63, 3.8) is 0 Å². The van der Waals surface area contributed by atoms with E-state index in [2.05, 4.69) is 14.2 Å². The van der Waals surface area contributed by atoms with Gasteiger partial charge in [-0.15, -0.1) is 12.4 Å². The van der Waals surface area contributed by atoms with Gasteiger partial charge in [0.05, 0.1) is 6.61 Å². The molecule has 3 atom stereocenters. The lowest BCUT2D eigenvalue weighted by molar-refractivity contribution is -0.167. The summed E-state index contributed by atoms with van der Waals surface area (Å²) in [5.74, 6) is -2.63. The number of aliphatic carboxylic acids is 1. The first-order valence-corrected chi connectivity index (χ1v) is 8.14. The van der Waals surface area contributed by atoms with Crippen LogP contribution in [0.4, 0.5) is 0 Å². The molecule has 0 aliphatic carbocycles. The van der Waals surface area contributed by atoms with Crippen LogP contribution >= 0.6 is 24.0 Å². The Labute approximate surface area is 173 Å². The molecule has 1 aliphatic rings. The minimum atomic E-state index is -1.75. The van der Waals surface area contributed by atoms with Gasteiger partial charge in [0.1, 0.15) is 0 Å². The largest absolute Gasteiger partial charge is 0.481 e. The summed E-state index contributed by atoms with van der Waals surface area (Å²) in [4.78, 5) is 41.1. The smallest absolute Gasteiger partial charge is 0.338 e. The Bertz CT molecular complexity index is 556. The van der Waals surface area contributed by atoms with Gasteiger partial charge in [0.15, 0.2) is 11.2 Å². The van der Waals surface area contributed by atoms with Gasteiger partial charge >= 0.3 is 17.9 Å². The highest BCUT2D eigenvalue weighted by Crippen LogP contribution is 2.19. The molecular formula is C16H26Cl2O10. The number of carboxylic acid groups (broad SMARTS) is 1. The fourth-order valence-electron chi connectivity index (χ4n) is 1.42. The fraction of sp³-hybridized carbons (Fsp3) is 0.625. The second-order valence-corrected chi connectivity index (χ2v) is 5.87. The van der Waals surface area contributed by atoms with Gasteiger partial charge in [-0.25, -0.2) is 9.59 Å². The van der Waals surface area contributed by atoms with Crippen molar-refractivity contribution in [3.8, 4) is 0 Å². The van der Waals surface area contributed by atoms with Gasteiger partial charge in [-0.05, 0) is 26.8 Å². The second-order valence-electron chi connectivity index (χ2n) is 5.38. The first kappa shape index (κ1) is 30.8. The Morgan fingerprint density at radius 3 is 2.07 bits per heavy atom. The molecule has 0 aromatic carbocycles. The number of carbonyl (C=O) groups excluding carboxylic acids is 3. The monoisotopic (exact) mass is 448 g/mol. The zero-order chi connectivity index (χ0) is 21.8. The van der Waals surface area contributed by atoms with Gasteiger partial charge in [0.25, 0.3) is 5.97 Å². The molecule has 0 spiro atoms.